The summed E-state index contributed by atoms with van der Waals surface area (Å²) in [5.41, 5.74) is 13.4. The first-order valence-corrected chi connectivity index (χ1v) is 17.2. The summed E-state index contributed by atoms with van der Waals surface area (Å²) in [5, 5.41) is 0. The highest BCUT2D eigenvalue weighted by Crippen LogP contribution is 2.49. The normalized spacial score (nSPS) is 12.6. The van der Waals surface area contributed by atoms with E-state index in [1.54, 1.807) is 0 Å². The summed E-state index contributed by atoms with van der Waals surface area (Å²) in [7, 11) is 0. The molecule has 0 unspecified atom stereocenters. The Balaban J connectivity index is 1.28. The number of benzene rings is 7. The first-order valence-electron chi connectivity index (χ1n) is 17.2. The molecule has 5 nitrogen and oxygen atoms in total. The van der Waals surface area contributed by atoms with Crippen LogP contribution in [-0.4, -0.2) is 21.9 Å². The molecule has 0 N–H and O–H groups in total. The Hall–Kier alpha value is -6.79. The summed E-state index contributed by atoms with van der Waals surface area (Å²) in [5.74, 6) is 1.94. The van der Waals surface area contributed by atoms with E-state index in [4.69, 9.17) is 15.0 Å². The van der Waals surface area contributed by atoms with E-state index in [1.165, 1.54) is 27.7 Å². The topological polar surface area (TPSA) is 45.2 Å². The lowest BCUT2D eigenvalue weighted by Gasteiger charge is -2.47. The minimum absolute atomic E-state index is 0.156. The van der Waals surface area contributed by atoms with Crippen LogP contribution < -0.4 is 15.1 Å². The van der Waals surface area contributed by atoms with Crippen LogP contribution >= 0.6 is 0 Å². The fourth-order valence-corrected chi connectivity index (χ4v) is 7.64. The van der Waals surface area contributed by atoms with E-state index in [1.807, 2.05) is 36.4 Å². The van der Waals surface area contributed by atoms with Crippen LogP contribution in [0.25, 0.3) is 56.4 Å². The number of para-hydroxylation sites is 4. The van der Waals surface area contributed by atoms with Gasteiger partial charge in [0.15, 0.2) is 17.5 Å². The molecule has 7 aromatic carbocycles. The molecule has 238 valence electrons. The van der Waals surface area contributed by atoms with Crippen molar-refractivity contribution in [3.8, 4) is 56.4 Å². The maximum absolute atomic E-state index is 5.15. The van der Waals surface area contributed by atoms with Crippen molar-refractivity contribution in [2.45, 2.75) is 0 Å². The third-order valence-corrected chi connectivity index (χ3v) is 9.86. The number of aromatic nitrogens is 3. The molecule has 0 radical (unpaired) electrons. The molecule has 6 heteroatoms. The summed E-state index contributed by atoms with van der Waals surface area (Å²) in [6.45, 7) is -0.156. The second kappa shape index (κ2) is 12.0. The average molecular weight is 652 g/mol. The van der Waals surface area contributed by atoms with E-state index in [-0.39, 0.29) is 6.98 Å². The summed E-state index contributed by atoms with van der Waals surface area (Å²) >= 11 is 0. The number of fused-ring (bicyclic) bond motifs is 4. The summed E-state index contributed by atoms with van der Waals surface area (Å²) in [4.78, 5) is 20.3. The van der Waals surface area contributed by atoms with Gasteiger partial charge in [0.05, 0.1) is 0 Å². The van der Waals surface area contributed by atoms with E-state index < -0.39 is 0 Å². The van der Waals surface area contributed by atoms with Crippen molar-refractivity contribution in [3.63, 3.8) is 0 Å². The number of hydrogen-bond donors (Lipinski definition) is 0. The Bertz CT molecular complexity index is 2370. The minimum atomic E-state index is -0.156. The molecule has 2 aliphatic rings. The second-order valence-electron chi connectivity index (χ2n) is 12.8. The molecular formula is C45H30BN5. The Labute approximate surface area is 297 Å². The van der Waals surface area contributed by atoms with Gasteiger partial charge in [-0.2, -0.15) is 0 Å². The highest BCUT2D eigenvalue weighted by atomic mass is 15.2. The third kappa shape index (κ3) is 4.84. The van der Waals surface area contributed by atoms with Crippen molar-refractivity contribution in [1.29, 1.82) is 0 Å². The van der Waals surface area contributed by atoms with Crippen molar-refractivity contribution < 1.29 is 0 Å². The molecule has 10 rings (SSSR count). The molecule has 0 spiro atoms. The number of rotatable bonds is 5. The van der Waals surface area contributed by atoms with Crippen LogP contribution in [0.1, 0.15) is 0 Å². The van der Waals surface area contributed by atoms with Gasteiger partial charge in [-0.15, -0.1) is 0 Å². The zero-order valence-corrected chi connectivity index (χ0v) is 27.6. The molecule has 3 heterocycles. The van der Waals surface area contributed by atoms with Crippen LogP contribution in [-0.2, 0) is 0 Å². The van der Waals surface area contributed by atoms with Crippen LogP contribution in [0.2, 0.25) is 0 Å². The van der Waals surface area contributed by atoms with Gasteiger partial charge in [-0.25, -0.2) is 15.0 Å². The largest absolute Gasteiger partial charge is 0.421 e. The fraction of sp³-hybridized carbons (Fsp3) is 0. The van der Waals surface area contributed by atoms with Gasteiger partial charge in [0.1, 0.15) is 0 Å². The van der Waals surface area contributed by atoms with Gasteiger partial charge in [-0.05, 0) is 65.1 Å². The van der Waals surface area contributed by atoms with E-state index in [0.29, 0.717) is 17.5 Å². The Morgan fingerprint density at radius 2 is 0.686 bits per heavy atom. The average Bonchev–Trinajstić information content (AvgIpc) is 3.22. The standard InChI is InChI=1S/C45H30BN5/c1-5-17-31(18-6-1)43-47-44(32-19-7-2-8-20-32)49-45(48-43)33-29-38-36-25-13-15-27-40(36)50(34-21-9-3-10-22-34)46-42(38)39(30-33)37-26-14-16-28-41(37)51(46)35-23-11-4-12-24-35/h1-30H. The van der Waals surface area contributed by atoms with Gasteiger partial charge in [-0.1, -0.05) is 133 Å². The summed E-state index contributed by atoms with van der Waals surface area (Å²) in [6, 6.07) is 63.9. The quantitative estimate of drug-likeness (QED) is 0.173. The van der Waals surface area contributed by atoms with Crippen LogP contribution in [0.5, 0.6) is 0 Å². The summed E-state index contributed by atoms with van der Waals surface area (Å²) < 4.78 is 0. The van der Waals surface area contributed by atoms with Crippen LogP contribution in [0.4, 0.5) is 22.7 Å². The van der Waals surface area contributed by atoms with Crippen molar-refractivity contribution >= 4 is 35.2 Å². The zero-order chi connectivity index (χ0) is 33.7. The monoisotopic (exact) mass is 651 g/mol. The van der Waals surface area contributed by atoms with Crippen molar-refractivity contribution in [1.82, 2.24) is 15.0 Å². The van der Waals surface area contributed by atoms with E-state index in [2.05, 4.69) is 155 Å². The number of hydrogen-bond acceptors (Lipinski definition) is 5. The molecule has 0 aliphatic carbocycles. The van der Waals surface area contributed by atoms with Crippen molar-refractivity contribution in [3.05, 3.63) is 182 Å². The molecular weight excluding hydrogens is 621 g/mol. The fourth-order valence-electron chi connectivity index (χ4n) is 7.64. The first kappa shape index (κ1) is 29.2. The molecule has 1 aromatic heterocycles. The molecule has 0 atom stereocenters. The molecule has 51 heavy (non-hydrogen) atoms. The second-order valence-corrected chi connectivity index (χ2v) is 12.8. The van der Waals surface area contributed by atoms with Gasteiger partial charge < -0.3 is 9.62 Å². The summed E-state index contributed by atoms with van der Waals surface area (Å²) in [6.07, 6.45) is 0. The van der Waals surface area contributed by atoms with Crippen LogP contribution in [0.3, 0.4) is 0 Å². The van der Waals surface area contributed by atoms with Crippen LogP contribution in [0, 0.1) is 0 Å². The molecule has 0 saturated heterocycles. The van der Waals surface area contributed by atoms with Gasteiger partial charge in [0.25, 0.3) is 0 Å². The highest BCUT2D eigenvalue weighted by molar-refractivity contribution is 6.86. The molecule has 0 amide bonds. The van der Waals surface area contributed by atoms with Crippen molar-refractivity contribution in [2.24, 2.45) is 0 Å². The predicted octanol–water partition coefficient (Wildman–Crippen LogP) is 10.2. The Morgan fingerprint density at radius 1 is 0.333 bits per heavy atom. The predicted molar refractivity (Wildman–Crippen MR) is 210 cm³/mol. The SMILES string of the molecule is c1ccc(-c2nc(-c3ccccc3)nc(-c3cc4c5c(c3)-c3ccccc3N(c3ccccc3)B5N(c3ccccc3)c3ccccc3-4)n2)cc1. The first-order chi connectivity index (χ1) is 25.3. The Morgan fingerprint density at radius 3 is 1.12 bits per heavy atom. The molecule has 2 aliphatic heterocycles. The molecule has 0 saturated carbocycles. The lowest BCUT2D eigenvalue weighted by Crippen LogP contribution is -2.61. The highest BCUT2D eigenvalue weighted by Gasteiger charge is 2.47. The van der Waals surface area contributed by atoms with E-state index in [9.17, 15) is 0 Å². The van der Waals surface area contributed by atoms with Gasteiger partial charge in [0, 0.05) is 50.6 Å². The lowest BCUT2D eigenvalue weighted by molar-refractivity contribution is 1.07. The zero-order valence-electron chi connectivity index (χ0n) is 27.6. The maximum atomic E-state index is 5.15. The molecule has 8 aromatic rings. The molecule has 0 fully saturated rings. The van der Waals surface area contributed by atoms with E-state index in [0.717, 1.165) is 39.4 Å². The van der Waals surface area contributed by atoms with Gasteiger partial charge in [0.2, 0.25) is 0 Å². The maximum Gasteiger partial charge on any atom is 0.421 e. The number of anilines is 4. The molecule has 0 bridgehead atoms. The smallest absolute Gasteiger partial charge is 0.361 e. The van der Waals surface area contributed by atoms with E-state index >= 15 is 0 Å². The van der Waals surface area contributed by atoms with Gasteiger partial charge >= 0.3 is 6.98 Å². The lowest BCUT2D eigenvalue weighted by atomic mass is 9.53. The van der Waals surface area contributed by atoms with Gasteiger partial charge in [-0.3, -0.25) is 0 Å². The Kier molecular flexibility index (Phi) is 6.84. The minimum Gasteiger partial charge on any atom is -0.361 e. The van der Waals surface area contributed by atoms with Crippen LogP contribution in [0.15, 0.2) is 182 Å². The van der Waals surface area contributed by atoms with Crippen molar-refractivity contribution in [2.75, 3.05) is 9.62 Å². The third-order valence-electron chi connectivity index (χ3n) is 9.86. The number of nitrogens with zero attached hydrogens (tertiary/aromatic N) is 5.